The van der Waals surface area contributed by atoms with E-state index in [-0.39, 0.29) is 35.3 Å². The molecule has 0 aromatic carbocycles. The summed E-state index contributed by atoms with van der Waals surface area (Å²) in [5, 5.41) is 6.42. The highest BCUT2D eigenvalue weighted by atomic mass is 127. The number of likely N-dealkylation sites (tertiary alicyclic amines) is 1. The molecule has 1 amide bonds. The van der Waals surface area contributed by atoms with Crippen LogP contribution in [0.3, 0.4) is 0 Å². The van der Waals surface area contributed by atoms with Gasteiger partial charge in [-0.2, -0.15) is 0 Å². The highest BCUT2D eigenvalue weighted by Gasteiger charge is 2.42. The maximum Gasteiger partial charge on any atom is 0.220 e. The Kier molecular flexibility index (Phi) is 7.08. The number of nitrogens with zero attached hydrogens (tertiary/aromatic N) is 4. The maximum absolute atomic E-state index is 11.7. The summed E-state index contributed by atoms with van der Waals surface area (Å²) < 4.78 is 0. The number of hydrogen-bond acceptors (Lipinski definition) is 4. The topological polar surface area (TPSA) is 72.9 Å². The zero-order valence-corrected chi connectivity index (χ0v) is 18.1. The van der Waals surface area contributed by atoms with E-state index in [9.17, 15) is 4.79 Å². The smallest absolute Gasteiger partial charge is 0.220 e. The molecule has 144 valence electrons. The summed E-state index contributed by atoms with van der Waals surface area (Å²) in [5.74, 6) is 2.01. The number of pyridine rings is 1. The number of hydrogen-bond donors (Lipinski definition) is 2. The van der Waals surface area contributed by atoms with E-state index < -0.39 is 0 Å². The molecule has 0 radical (unpaired) electrons. The van der Waals surface area contributed by atoms with E-state index in [1.165, 1.54) is 0 Å². The molecule has 3 heterocycles. The van der Waals surface area contributed by atoms with Crippen LogP contribution in [0.4, 0.5) is 5.82 Å². The SMILES string of the molecule is CN=C(NCc1cccc(N(C)C)n1)N1CCCC2(CNC(=O)C2)C1.I. The van der Waals surface area contributed by atoms with Gasteiger partial charge in [0.05, 0.1) is 12.2 Å². The second-order valence-corrected chi connectivity index (χ2v) is 7.26. The molecule has 2 aliphatic rings. The lowest BCUT2D eigenvalue weighted by Crippen LogP contribution is -2.51. The van der Waals surface area contributed by atoms with Crippen molar-refractivity contribution in [3.05, 3.63) is 23.9 Å². The first-order valence-corrected chi connectivity index (χ1v) is 8.87. The van der Waals surface area contributed by atoms with Gasteiger partial charge in [-0.05, 0) is 25.0 Å². The molecule has 1 atom stereocenters. The lowest BCUT2D eigenvalue weighted by atomic mass is 9.79. The van der Waals surface area contributed by atoms with Crippen LogP contribution in [0.1, 0.15) is 25.0 Å². The molecule has 0 aliphatic carbocycles. The van der Waals surface area contributed by atoms with Crippen molar-refractivity contribution < 1.29 is 4.79 Å². The van der Waals surface area contributed by atoms with Gasteiger partial charge in [-0.25, -0.2) is 4.98 Å². The monoisotopic (exact) mass is 472 g/mol. The van der Waals surface area contributed by atoms with E-state index >= 15 is 0 Å². The fourth-order valence-electron chi connectivity index (χ4n) is 3.75. The van der Waals surface area contributed by atoms with Crippen LogP contribution < -0.4 is 15.5 Å². The van der Waals surface area contributed by atoms with Crippen molar-refractivity contribution >= 4 is 41.7 Å². The third-order valence-corrected chi connectivity index (χ3v) is 5.05. The van der Waals surface area contributed by atoms with Crippen LogP contribution in [0.5, 0.6) is 0 Å². The van der Waals surface area contributed by atoms with Crippen molar-refractivity contribution in [3.63, 3.8) is 0 Å². The molecular formula is C18H29IN6O. The van der Waals surface area contributed by atoms with E-state index in [2.05, 4.69) is 25.5 Å². The van der Waals surface area contributed by atoms with Crippen LogP contribution >= 0.6 is 24.0 Å². The van der Waals surface area contributed by atoms with Gasteiger partial charge in [0.15, 0.2) is 5.96 Å². The first-order valence-electron chi connectivity index (χ1n) is 8.87. The van der Waals surface area contributed by atoms with Crippen LogP contribution in [0, 0.1) is 5.41 Å². The number of anilines is 1. The van der Waals surface area contributed by atoms with Crippen LogP contribution in [-0.4, -0.2) is 62.5 Å². The molecule has 2 N–H and O–H groups in total. The van der Waals surface area contributed by atoms with Crippen LogP contribution in [0.2, 0.25) is 0 Å². The number of amides is 1. The minimum atomic E-state index is 0. The second-order valence-electron chi connectivity index (χ2n) is 7.26. The van der Waals surface area contributed by atoms with Crippen molar-refractivity contribution in [2.45, 2.75) is 25.8 Å². The van der Waals surface area contributed by atoms with E-state index in [0.717, 1.165) is 49.9 Å². The molecule has 26 heavy (non-hydrogen) atoms. The van der Waals surface area contributed by atoms with Crippen molar-refractivity contribution in [2.75, 3.05) is 45.7 Å². The highest BCUT2D eigenvalue weighted by Crippen LogP contribution is 2.35. The number of carbonyl (C=O) groups is 1. The molecular weight excluding hydrogens is 443 g/mol. The first kappa shape index (κ1) is 20.7. The summed E-state index contributed by atoms with van der Waals surface area (Å²) in [6, 6.07) is 6.04. The zero-order chi connectivity index (χ0) is 17.9. The molecule has 2 fully saturated rings. The molecule has 2 saturated heterocycles. The van der Waals surface area contributed by atoms with E-state index in [0.29, 0.717) is 13.0 Å². The Hall–Kier alpha value is -1.58. The fourth-order valence-corrected chi connectivity index (χ4v) is 3.75. The second kappa shape index (κ2) is 8.88. The Morgan fingerprint density at radius 2 is 2.27 bits per heavy atom. The number of piperidine rings is 1. The number of nitrogens with one attached hydrogen (secondary N) is 2. The largest absolute Gasteiger partial charge is 0.363 e. The lowest BCUT2D eigenvalue weighted by molar-refractivity contribution is -0.119. The molecule has 3 rings (SSSR count). The molecule has 8 heteroatoms. The van der Waals surface area contributed by atoms with Crippen LogP contribution in [0.15, 0.2) is 23.2 Å². The Bertz CT molecular complexity index is 665. The lowest BCUT2D eigenvalue weighted by Gasteiger charge is -2.40. The van der Waals surface area contributed by atoms with Crippen molar-refractivity contribution in [3.8, 4) is 0 Å². The van der Waals surface area contributed by atoms with E-state index in [1.807, 2.05) is 44.2 Å². The molecule has 0 bridgehead atoms. The normalized spacial score (nSPS) is 22.8. The van der Waals surface area contributed by atoms with Gasteiger partial charge in [0.25, 0.3) is 0 Å². The molecule has 1 unspecified atom stereocenters. The molecule has 0 saturated carbocycles. The van der Waals surface area contributed by atoms with Gasteiger partial charge >= 0.3 is 0 Å². The highest BCUT2D eigenvalue weighted by molar-refractivity contribution is 14.0. The number of halogens is 1. The molecule has 1 spiro atoms. The fraction of sp³-hybridized carbons (Fsp3) is 0.611. The van der Waals surface area contributed by atoms with Crippen LogP contribution in [-0.2, 0) is 11.3 Å². The number of carbonyl (C=O) groups excluding carboxylic acids is 1. The summed E-state index contributed by atoms with van der Waals surface area (Å²) in [7, 11) is 5.79. The van der Waals surface area contributed by atoms with E-state index in [4.69, 9.17) is 0 Å². The third-order valence-electron chi connectivity index (χ3n) is 5.05. The number of guanidine groups is 1. The summed E-state index contributed by atoms with van der Waals surface area (Å²) >= 11 is 0. The average molecular weight is 472 g/mol. The number of rotatable bonds is 3. The summed E-state index contributed by atoms with van der Waals surface area (Å²) in [6.45, 7) is 3.26. The Morgan fingerprint density at radius 1 is 1.46 bits per heavy atom. The molecule has 1 aromatic heterocycles. The average Bonchev–Trinajstić information content (AvgIpc) is 2.95. The van der Waals surface area contributed by atoms with Crippen molar-refractivity contribution in [1.29, 1.82) is 0 Å². The minimum absolute atomic E-state index is 0. The quantitative estimate of drug-likeness (QED) is 0.396. The summed E-state index contributed by atoms with van der Waals surface area (Å²) in [5.41, 5.74) is 1.05. The minimum Gasteiger partial charge on any atom is -0.363 e. The van der Waals surface area contributed by atoms with Gasteiger partial charge in [-0.3, -0.25) is 9.79 Å². The summed E-state index contributed by atoms with van der Waals surface area (Å²) in [4.78, 5) is 25.0. The third kappa shape index (κ3) is 4.77. The van der Waals surface area contributed by atoms with Gasteiger partial charge < -0.3 is 20.4 Å². The maximum atomic E-state index is 11.7. The molecule has 2 aliphatic heterocycles. The van der Waals surface area contributed by atoms with Gasteiger partial charge in [0.2, 0.25) is 5.91 Å². The van der Waals surface area contributed by atoms with Crippen LogP contribution in [0.25, 0.3) is 0 Å². The molecule has 1 aromatic rings. The van der Waals surface area contributed by atoms with Crippen molar-refractivity contribution in [1.82, 2.24) is 20.5 Å². The predicted octanol–water partition coefficient (Wildman–Crippen LogP) is 1.44. The van der Waals surface area contributed by atoms with Gasteiger partial charge in [0, 0.05) is 52.6 Å². The van der Waals surface area contributed by atoms with E-state index in [1.54, 1.807) is 0 Å². The van der Waals surface area contributed by atoms with Gasteiger partial charge in [0.1, 0.15) is 5.82 Å². The summed E-state index contributed by atoms with van der Waals surface area (Å²) in [6.07, 6.45) is 2.82. The molecule has 7 nitrogen and oxygen atoms in total. The Labute approximate surface area is 172 Å². The number of aromatic nitrogens is 1. The van der Waals surface area contributed by atoms with Crippen molar-refractivity contribution in [2.24, 2.45) is 10.4 Å². The van der Waals surface area contributed by atoms with Gasteiger partial charge in [-0.15, -0.1) is 24.0 Å². The Morgan fingerprint density at radius 3 is 2.92 bits per heavy atom. The first-order chi connectivity index (χ1) is 12.0. The zero-order valence-electron chi connectivity index (χ0n) is 15.8. The Balaban J connectivity index is 0.00000243. The number of aliphatic imine (C=N–C) groups is 1. The van der Waals surface area contributed by atoms with Gasteiger partial charge in [-0.1, -0.05) is 6.07 Å². The predicted molar refractivity (Wildman–Crippen MR) is 115 cm³/mol. The standard InChI is InChI=1S/C18H28N6O.HI/c1-19-17(20-11-14-6-4-7-15(22-14)23(2)3)24-9-5-8-18(13-24)10-16(25)21-12-18;/h4,6-7H,5,8-13H2,1-3H3,(H,19,20)(H,21,25);1H.